The third-order valence-electron chi connectivity index (χ3n) is 14.6. The molecule has 0 aliphatic heterocycles. The van der Waals surface area contributed by atoms with Gasteiger partial charge in [0.1, 0.15) is 0 Å². The van der Waals surface area contributed by atoms with Crippen molar-refractivity contribution in [2.75, 3.05) is 4.90 Å². The molecule has 3 aliphatic rings. The molecule has 9 aromatic rings. The molecule has 2 heteroatoms. The van der Waals surface area contributed by atoms with Gasteiger partial charge in [0.2, 0.25) is 0 Å². The van der Waals surface area contributed by atoms with Crippen LogP contribution in [0.1, 0.15) is 74.9 Å². The molecule has 3 aliphatic carbocycles. The first-order valence-electron chi connectivity index (χ1n) is 21.8. The molecule has 0 bridgehead atoms. The van der Waals surface area contributed by atoms with E-state index >= 15 is 0 Å². The molecular formula is C59H48N2. The van der Waals surface area contributed by atoms with E-state index in [1.165, 1.54) is 94.6 Å². The van der Waals surface area contributed by atoms with E-state index in [1.807, 2.05) is 0 Å². The fraction of sp³-hybridized carbons (Fsp3) is 0.153. The zero-order valence-electron chi connectivity index (χ0n) is 35.7. The van der Waals surface area contributed by atoms with Gasteiger partial charge in [-0.15, -0.1) is 0 Å². The lowest BCUT2D eigenvalue weighted by molar-refractivity contribution is 0.659. The molecule has 0 N–H and O–H groups in total. The lowest BCUT2D eigenvalue weighted by Gasteiger charge is -2.29. The monoisotopic (exact) mass is 784 g/mol. The van der Waals surface area contributed by atoms with Crippen LogP contribution in [0.15, 0.2) is 182 Å². The number of nitrogens with zero attached hydrogens (tertiary/aromatic N) is 2. The van der Waals surface area contributed by atoms with Crippen LogP contribution < -0.4 is 4.90 Å². The standard InChI is InChI=1S/C59H48N2/c1-57(2)49-21-13-10-18-43(49)45-31-28-41(35-52(45)57)60(39-26-24-38(25-27-39)37-16-8-7-9-17-37)40-30-33-54-48(34-40)55-56(47-20-12-15-23-51(47)59(55,5)6)61(54)42-29-32-46-44-19-11-14-22-50(44)58(3,4)53(46)36-42/h7-36H,1-6H3. The van der Waals surface area contributed by atoms with Gasteiger partial charge in [0.05, 0.1) is 11.2 Å². The zero-order valence-corrected chi connectivity index (χ0v) is 35.7. The summed E-state index contributed by atoms with van der Waals surface area (Å²) in [5, 5.41) is 1.29. The molecule has 294 valence electrons. The Morgan fingerprint density at radius 3 is 1.49 bits per heavy atom. The lowest BCUT2D eigenvalue weighted by atomic mass is 9.81. The first kappa shape index (κ1) is 36.0. The molecule has 0 unspecified atom stereocenters. The molecule has 2 nitrogen and oxygen atoms in total. The van der Waals surface area contributed by atoms with Crippen LogP contribution in [0.3, 0.4) is 0 Å². The molecule has 1 aromatic heterocycles. The highest BCUT2D eigenvalue weighted by Gasteiger charge is 2.42. The average Bonchev–Trinajstić information content (AvgIpc) is 3.91. The highest BCUT2D eigenvalue weighted by Crippen LogP contribution is 2.56. The lowest BCUT2D eigenvalue weighted by Crippen LogP contribution is -2.17. The van der Waals surface area contributed by atoms with Gasteiger partial charge in [0.25, 0.3) is 0 Å². The molecule has 1 heterocycles. The molecule has 0 fully saturated rings. The number of rotatable bonds is 5. The van der Waals surface area contributed by atoms with E-state index < -0.39 is 0 Å². The predicted octanol–water partition coefficient (Wildman–Crippen LogP) is 15.7. The smallest absolute Gasteiger partial charge is 0.0585 e. The summed E-state index contributed by atoms with van der Waals surface area (Å²) in [5.41, 5.74) is 24.2. The van der Waals surface area contributed by atoms with Crippen LogP contribution in [0, 0.1) is 0 Å². The van der Waals surface area contributed by atoms with E-state index in [2.05, 4.69) is 233 Å². The maximum Gasteiger partial charge on any atom is 0.0585 e. The zero-order chi connectivity index (χ0) is 41.4. The summed E-state index contributed by atoms with van der Waals surface area (Å²) in [6, 6.07) is 68.3. The predicted molar refractivity (Wildman–Crippen MR) is 256 cm³/mol. The summed E-state index contributed by atoms with van der Waals surface area (Å²) in [5.74, 6) is 0. The Hall–Kier alpha value is -6.90. The second-order valence-electron chi connectivity index (χ2n) is 19.0. The maximum absolute atomic E-state index is 2.56. The maximum atomic E-state index is 2.56. The van der Waals surface area contributed by atoms with Crippen LogP contribution in [0.5, 0.6) is 0 Å². The molecule has 0 amide bonds. The highest BCUT2D eigenvalue weighted by molar-refractivity contribution is 6.02. The van der Waals surface area contributed by atoms with Gasteiger partial charge in [-0.25, -0.2) is 0 Å². The summed E-state index contributed by atoms with van der Waals surface area (Å²) >= 11 is 0. The molecule has 12 rings (SSSR count). The van der Waals surface area contributed by atoms with Gasteiger partial charge in [0, 0.05) is 49.9 Å². The van der Waals surface area contributed by atoms with E-state index in [9.17, 15) is 0 Å². The summed E-state index contributed by atoms with van der Waals surface area (Å²) in [7, 11) is 0. The first-order valence-corrected chi connectivity index (χ1v) is 21.8. The number of benzene rings is 8. The van der Waals surface area contributed by atoms with E-state index in [0.29, 0.717) is 0 Å². The van der Waals surface area contributed by atoms with Crippen LogP contribution in [0.2, 0.25) is 0 Å². The van der Waals surface area contributed by atoms with Crippen LogP contribution in [-0.2, 0) is 16.2 Å². The minimum atomic E-state index is -0.203. The summed E-state index contributed by atoms with van der Waals surface area (Å²) in [6.45, 7) is 14.3. The molecular weight excluding hydrogens is 737 g/mol. The van der Waals surface area contributed by atoms with Crippen molar-refractivity contribution in [1.82, 2.24) is 4.57 Å². The van der Waals surface area contributed by atoms with Gasteiger partial charge in [-0.2, -0.15) is 0 Å². The Morgan fingerprint density at radius 1 is 0.361 bits per heavy atom. The van der Waals surface area contributed by atoms with Crippen molar-refractivity contribution in [2.45, 2.75) is 57.8 Å². The molecule has 0 radical (unpaired) electrons. The summed E-state index contributed by atoms with van der Waals surface area (Å²) in [4.78, 5) is 2.47. The third-order valence-corrected chi connectivity index (χ3v) is 14.6. The second kappa shape index (κ2) is 12.6. The number of aromatic nitrogens is 1. The SMILES string of the molecule is CC1(C)c2ccccc2-c2ccc(N(c3ccc(-c4ccccc4)cc3)c3ccc4c(c3)c3c(n4-c4ccc5c(c4)C(C)(C)c4ccccc4-5)-c4ccccc4C3(C)C)cc21. The third kappa shape index (κ3) is 4.97. The second-order valence-corrected chi connectivity index (χ2v) is 19.0. The van der Waals surface area contributed by atoms with E-state index in [0.717, 1.165) is 17.1 Å². The minimum Gasteiger partial charge on any atom is -0.310 e. The Morgan fingerprint density at radius 2 is 0.836 bits per heavy atom. The Balaban J connectivity index is 1.08. The summed E-state index contributed by atoms with van der Waals surface area (Å²) < 4.78 is 2.56. The van der Waals surface area contributed by atoms with Gasteiger partial charge in [0.15, 0.2) is 0 Å². The number of hydrogen-bond donors (Lipinski definition) is 0. The topological polar surface area (TPSA) is 8.17 Å². The average molecular weight is 785 g/mol. The fourth-order valence-corrected chi connectivity index (χ4v) is 11.5. The first-order chi connectivity index (χ1) is 29.5. The van der Waals surface area contributed by atoms with Crippen molar-refractivity contribution in [3.05, 3.63) is 215 Å². The molecule has 0 atom stereocenters. The van der Waals surface area contributed by atoms with Crippen molar-refractivity contribution >= 4 is 28.0 Å². The van der Waals surface area contributed by atoms with Crippen LogP contribution in [0.25, 0.3) is 61.2 Å². The molecule has 61 heavy (non-hydrogen) atoms. The van der Waals surface area contributed by atoms with Crippen LogP contribution >= 0.6 is 0 Å². The van der Waals surface area contributed by atoms with Crippen molar-refractivity contribution in [3.63, 3.8) is 0 Å². The van der Waals surface area contributed by atoms with Gasteiger partial charge in [-0.05, 0) is 121 Å². The van der Waals surface area contributed by atoms with E-state index in [1.54, 1.807) is 0 Å². The fourth-order valence-electron chi connectivity index (χ4n) is 11.5. The van der Waals surface area contributed by atoms with E-state index in [4.69, 9.17) is 0 Å². The Labute approximate surface area is 359 Å². The molecule has 0 saturated carbocycles. The van der Waals surface area contributed by atoms with E-state index in [-0.39, 0.29) is 16.2 Å². The van der Waals surface area contributed by atoms with Crippen LogP contribution in [0.4, 0.5) is 17.1 Å². The van der Waals surface area contributed by atoms with Crippen molar-refractivity contribution in [3.8, 4) is 50.3 Å². The van der Waals surface area contributed by atoms with Crippen molar-refractivity contribution in [2.24, 2.45) is 0 Å². The molecule has 0 spiro atoms. The molecule has 8 aromatic carbocycles. The van der Waals surface area contributed by atoms with Gasteiger partial charge >= 0.3 is 0 Å². The number of fused-ring (bicyclic) bond motifs is 11. The van der Waals surface area contributed by atoms with Gasteiger partial charge in [-0.1, -0.05) is 169 Å². The highest BCUT2D eigenvalue weighted by atomic mass is 15.1. The Kier molecular flexibility index (Phi) is 7.41. The van der Waals surface area contributed by atoms with Crippen LogP contribution in [-0.4, -0.2) is 4.57 Å². The normalized spacial score (nSPS) is 15.4. The quantitative estimate of drug-likeness (QED) is 0.169. The van der Waals surface area contributed by atoms with Gasteiger partial charge < -0.3 is 9.47 Å². The minimum absolute atomic E-state index is 0.0965. The number of hydrogen-bond acceptors (Lipinski definition) is 1. The van der Waals surface area contributed by atoms with Gasteiger partial charge in [-0.3, -0.25) is 0 Å². The van der Waals surface area contributed by atoms with Crippen molar-refractivity contribution in [1.29, 1.82) is 0 Å². The molecule has 0 saturated heterocycles. The summed E-state index contributed by atoms with van der Waals surface area (Å²) in [6.07, 6.45) is 0. The Bertz CT molecular complexity index is 3270. The number of anilines is 3. The largest absolute Gasteiger partial charge is 0.310 e. The van der Waals surface area contributed by atoms with Crippen molar-refractivity contribution < 1.29 is 0 Å².